The van der Waals surface area contributed by atoms with Crippen molar-refractivity contribution in [2.45, 2.75) is 11.8 Å². The zero-order valence-electron chi connectivity index (χ0n) is 18.6. The molecule has 0 aliphatic rings. The summed E-state index contributed by atoms with van der Waals surface area (Å²) in [6.45, 7) is 1.91. The lowest BCUT2D eigenvalue weighted by molar-refractivity contribution is 0.0844. The average molecular weight is 492 g/mol. The van der Waals surface area contributed by atoms with Crippen LogP contribution in [-0.4, -0.2) is 37.0 Å². The Hall–Kier alpha value is -4.51. The van der Waals surface area contributed by atoms with Gasteiger partial charge in [-0.15, -0.1) is 0 Å². The van der Waals surface area contributed by atoms with E-state index in [9.17, 15) is 22.8 Å². The minimum Gasteiger partial charge on any atom is -0.267 e. The highest BCUT2D eigenvalue weighted by atomic mass is 32.2. The maximum Gasteiger partial charge on any atom is 0.290 e. The molecule has 1 heterocycles. The van der Waals surface area contributed by atoms with E-state index in [0.717, 1.165) is 0 Å². The number of para-hydroxylation sites is 1. The molecule has 178 valence electrons. The molecule has 0 aliphatic carbocycles. The summed E-state index contributed by atoms with van der Waals surface area (Å²) in [6, 6.07) is 20.5. The molecule has 0 saturated heterocycles. The molecule has 0 fully saturated rings. The van der Waals surface area contributed by atoms with E-state index in [-0.39, 0.29) is 28.1 Å². The van der Waals surface area contributed by atoms with Gasteiger partial charge in [-0.2, -0.15) is 5.10 Å². The molecule has 10 nitrogen and oxygen atoms in total. The van der Waals surface area contributed by atoms with Crippen LogP contribution in [0.25, 0.3) is 10.8 Å². The molecule has 0 aliphatic heterocycles. The molecule has 1 aromatic heterocycles. The minimum absolute atomic E-state index is 0.0229. The van der Waals surface area contributed by atoms with Crippen LogP contribution < -0.4 is 20.7 Å². The second-order valence-electron chi connectivity index (χ2n) is 7.39. The number of carbonyl (C=O) groups excluding carboxylic acids is 2. The van der Waals surface area contributed by atoms with E-state index in [1.165, 1.54) is 28.6 Å². The van der Waals surface area contributed by atoms with Crippen molar-refractivity contribution in [2.75, 3.05) is 10.8 Å². The molecule has 0 bridgehead atoms. The number of hydrazine groups is 1. The summed E-state index contributed by atoms with van der Waals surface area (Å²) in [5, 5.41) is 6.61. The summed E-state index contributed by atoms with van der Waals surface area (Å²) in [5.74, 6) is -1.48. The summed E-state index contributed by atoms with van der Waals surface area (Å²) in [6.07, 6.45) is 0. The van der Waals surface area contributed by atoms with Crippen LogP contribution in [0.3, 0.4) is 0 Å². The van der Waals surface area contributed by atoms with Crippen LogP contribution in [0.2, 0.25) is 0 Å². The van der Waals surface area contributed by atoms with Gasteiger partial charge in [-0.05, 0) is 43.3 Å². The van der Waals surface area contributed by atoms with Crippen molar-refractivity contribution in [2.24, 2.45) is 0 Å². The molecule has 11 heteroatoms. The van der Waals surface area contributed by atoms with Crippen molar-refractivity contribution < 1.29 is 18.0 Å². The molecule has 3 N–H and O–H groups in total. The zero-order chi connectivity index (χ0) is 25.0. The highest BCUT2D eigenvalue weighted by Crippen LogP contribution is 2.23. The monoisotopic (exact) mass is 491 g/mol. The Balaban J connectivity index is 1.53. The smallest absolute Gasteiger partial charge is 0.267 e. The Morgan fingerprint density at radius 2 is 1.54 bits per heavy atom. The van der Waals surface area contributed by atoms with E-state index in [0.29, 0.717) is 11.1 Å². The van der Waals surface area contributed by atoms with E-state index in [1.54, 1.807) is 61.5 Å². The first-order chi connectivity index (χ1) is 16.8. The van der Waals surface area contributed by atoms with E-state index in [1.807, 2.05) is 0 Å². The number of benzene rings is 3. The van der Waals surface area contributed by atoms with Crippen molar-refractivity contribution in [3.8, 4) is 0 Å². The molecule has 3 aromatic carbocycles. The first-order valence-corrected chi connectivity index (χ1v) is 12.0. The number of amides is 2. The third-order valence-electron chi connectivity index (χ3n) is 5.22. The van der Waals surface area contributed by atoms with E-state index >= 15 is 0 Å². The van der Waals surface area contributed by atoms with E-state index in [4.69, 9.17) is 0 Å². The first kappa shape index (κ1) is 23.6. The molecule has 35 heavy (non-hydrogen) atoms. The Morgan fingerprint density at radius 3 is 2.26 bits per heavy atom. The SMILES string of the molecule is CCN(c1ccccc1)S(=O)(=O)c1cccc(C(=O)NNC(=O)c2n[nH]c(=O)c3ccccc23)c1. The highest BCUT2D eigenvalue weighted by Gasteiger charge is 2.24. The maximum absolute atomic E-state index is 13.2. The third-order valence-corrected chi connectivity index (χ3v) is 7.12. The average Bonchev–Trinajstić information content (AvgIpc) is 2.88. The van der Waals surface area contributed by atoms with Gasteiger partial charge in [-0.1, -0.05) is 42.5 Å². The van der Waals surface area contributed by atoms with Crippen molar-refractivity contribution in [3.63, 3.8) is 0 Å². The number of aromatic amines is 1. The molecule has 0 radical (unpaired) electrons. The summed E-state index contributed by atoms with van der Waals surface area (Å²) in [7, 11) is -3.94. The maximum atomic E-state index is 13.2. The van der Waals surface area contributed by atoms with Crippen LogP contribution in [-0.2, 0) is 10.0 Å². The van der Waals surface area contributed by atoms with Gasteiger partial charge in [0.25, 0.3) is 27.4 Å². The lowest BCUT2D eigenvalue weighted by atomic mass is 10.1. The summed E-state index contributed by atoms with van der Waals surface area (Å²) < 4.78 is 27.7. The van der Waals surface area contributed by atoms with Crippen LogP contribution in [0.15, 0.2) is 88.6 Å². The number of H-pyrrole nitrogens is 1. The highest BCUT2D eigenvalue weighted by molar-refractivity contribution is 7.92. The molecular formula is C24H21N5O5S. The molecule has 4 rings (SSSR count). The van der Waals surface area contributed by atoms with Crippen LogP contribution in [0.5, 0.6) is 0 Å². The number of sulfonamides is 1. The molecule has 0 unspecified atom stereocenters. The van der Waals surface area contributed by atoms with Gasteiger partial charge in [0.1, 0.15) is 0 Å². The fourth-order valence-corrected chi connectivity index (χ4v) is 5.06. The van der Waals surface area contributed by atoms with Gasteiger partial charge in [0.05, 0.1) is 16.0 Å². The molecule has 0 saturated carbocycles. The van der Waals surface area contributed by atoms with Gasteiger partial charge in [0, 0.05) is 17.5 Å². The number of hydrogen-bond donors (Lipinski definition) is 3. The number of anilines is 1. The third kappa shape index (κ3) is 4.75. The fraction of sp³-hybridized carbons (Fsp3) is 0.0833. The van der Waals surface area contributed by atoms with Crippen molar-refractivity contribution in [1.82, 2.24) is 21.0 Å². The Morgan fingerprint density at radius 1 is 0.886 bits per heavy atom. The quantitative estimate of drug-likeness (QED) is 0.353. The summed E-state index contributed by atoms with van der Waals surface area (Å²) >= 11 is 0. The summed E-state index contributed by atoms with van der Waals surface area (Å²) in [4.78, 5) is 37.1. The molecule has 4 aromatic rings. The number of nitrogens with one attached hydrogen (secondary N) is 3. The van der Waals surface area contributed by atoms with E-state index in [2.05, 4.69) is 21.0 Å². The van der Waals surface area contributed by atoms with E-state index < -0.39 is 27.4 Å². The number of rotatable bonds is 6. The fourth-order valence-electron chi connectivity index (χ4n) is 3.54. The van der Waals surface area contributed by atoms with Crippen molar-refractivity contribution in [3.05, 3.63) is 100 Å². The predicted molar refractivity (Wildman–Crippen MR) is 130 cm³/mol. The Kier molecular flexibility index (Phi) is 6.60. The number of fused-ring (bicyclic) bond motifs is 1. The van der Waals surface area contributed by atoms with Crippen molar-refractivity contribution in [1.29, 1.82) is 0 Å². The van der Waals surface area contributed by atoms with Crippen LogP contribution in [0, 0.1) is 0 Å². The second-order valence-corrected chi connectivity index (χ2v) is 9.25. The largest absolute Gasteiger partial charge is 0.290 e. The van der Waals surface area contributed by atoms with Gasteiger partial charge in [-0.25, -0.2) is 13.5 Å². The Bertz CT molecular complexity index is 1570. The number of hydrogen-bond acceptors (Lipinski definition) is 6. The lowest BCUT2D eigenvalue weighted by Crippen LogP contribution is -2.42. The van der Waals surface area contributed by atoms with Crippen molar-refractivity contribution >= 4 is 38.3 Å². The first-order valence-electron chi connectivity index (χ1n) is 10.6. The second kappa shape index (κ2) is 9.77. The molecule has 0 atom stereocenters. The molecular weight excluding hydrogens is 470 g/mol. The van der Waals surface area contributed by atoms with Gasteiger partial charge in [-0.3, -0.25) is 29.5 Å². The molecule has 2 amide bonds. The van der Waals surface area contributed by atoms with Crippen LogP contribution in [0.4, 0.5) is 5.69 Å². The molecule has 0 spiro atoms. The Labute approximate surface area is 200 Å². The minimum atomic E-state index is -3.94. The van der Waals surface area contributed by atoms with Gasteiger partial charge in [0.2, 0.25) is 0 Å². The van der Waals surface area contributed by atoms with Gasteiger partial charge < -0.3 is 0 Å². The topological polar surface area (TPSA) is 141 Å². The normalized spacial score (nSPS) is 11.1. The number of nitrogens with zero attached hydrogens (tertiary/aromatic N) is 2. The standard InChI is InChI=1S/C24H21N5O5S/c1-2-29(17-10-4-3-5-11-17)35(33,34)18-12-8-9-16(15-18)22(30)26-28-24(32)21-19-13-6-7-14-20(19)23(31)27-25-21/h3-15H,2H2,1H3,(H,26,30)(H,27,31)(H,28,32). The zero-order valence-corrected chi connectivity index (χ0v) is 19.4. The van der Waals surface area contributed by atoms with Gasteiger partial charge in [0.15, 0.2) is 5.69 Å². The van der Waals surface area contributed by atoms with Crippen LogP contribution >= 0.6 is 0 Å². The number of carbonyl (C=O) groups is 2. The predicted octanol–water partition coefficient (Wildman–Crippen LogP) is 2.21. The summed E-state index contributed by atoms with van der Waals surface area (Å²) in [5.41, 5.74) is 4.48. The lowest BCUT2D eigenvalue weighted by Gasteiger charge is -2.23. The van der Waals surface area contributed by atoms with Crippen LogP contribution in [0.1, 0.15) is 27.8 Å². The number of aromatic nitrogens is 2. The van der Waals surface area contributed by atoms with Gasteiger partial charge >= 0.3 is 0 Å².